The van der Waals surface area contributed by atoms with Gasteiger partial charge in [0.1, 0.15) is 18.3 Å². The lowest BCUT2D eigenvalue weighted by Gasteiger charge is -2.22. The van der Waals surface area contributed by atoms with Crippen molar-refractivity contribution in [2.45, 2.75) is 58.0 Å². The van der Waals surface area contributed by atoms with Gasteiger partial charge in [0.05, 0.1) is 30.6 Å². The summed E-state index contributed by atoms with van der Waals surface area (Å²) < 4.78 is 47.5. The van der Waals surface area contributed by atoms with Crippen LogP contribution in [0, 0.1) is 0 Å². The highest BCUT2D eigenvalue weighted by Crippen LogP contribution is 2.35. The van der Waals surface area contributed by atoms with Gasteiger partial charge in [0.25, 0.3) is 0 Å². The second-order valence-electron chi connectivity index (χ2n) is 8.19. The van der Waals surface area contributed by atoms with Crippen molar-refractivity contribution in [1.82, 2.24) is 34.7 Å². The fraction of sp³-hybridized carbons (Fsp3) is 0.524. The van der Waals surface area contributed by atoms with Crippen molar-refractivity contribution in [3.63, 3.8) is 0 Å². The fourth-order valence-corrected chi connectivity index (χ4v) is 4.74. The minimum atomic E-state index is -4.03. The van der Waals surface area contributed by atoms with Gasteiger partial charge >= 0.3 is 0 Å². The maximum absolute atomic E-state index is 13.4. The number of rotatable bonds is 11. The minimum Gasteiger partial charge on any atom is -0.479 e. The Kier molecular flexibility index (Phi) is 8.63. The largest absolute Gasteiger partial charge is 0.479 e. The van der Waals surface area contributed by atoms with Crippen LogP contribution in [0.25, 0.3) is 5.69 Å². The Morgan fingerprint density at radius 1 is 0.944 bits per heavy atom. The van der Waals surface area contributed by atoms with E-state index >= 15 is 0 Å². The van der Waals surface area contributed by atoms with Gasteiger partial charge in [-0.2, -0.15) is 9.97 Å². The van der Waals surface area contributed by atoms with Gasteiger partial charge in [-0.15, -0.1) is 10.2 Å². The van der Waals surface area contributed by atoms with E-state index in [1.807, 2.05) is 13.8 Å². The lowest BCUT2D eigenvalue weighted by molar-refractivity contribution is 0.0119. The molecule has 36 heavy (non-hydrogen) atoms. The van der Waals surface area contributed by atoms with Crippen LogP contribution < -0.4 is 14.2 Å². The smallest absolute Gasteiger partial charge is 0.245 e. The molecule has 0 aliphatic heterocycles. The molecular weight excluding hydrogens is 512 g/mol. The Hall–Kier alpha value is -3.10. The Morgan fingerprint density at radius 3 is 2.06 bits per heavy atom. The van der Waals surface area contributed by atoms with Crippen molar-refractivity contribution >= 4 is 27.6 Å². The molecule has 3 atom stereocenters. The first-order valence-electron chi connectivity index (χ1n) is 11.0. The molecule has 0 amide bonds. The van der Waals surface area contributed by atoms with Crippen molar-refractivity contribution in [1.29, 1.82) is 0 Å². The summed E-state index contributed by atoms with van der Waals surface area (Å²) in [5.41, 5.74) is 0.209. The van der Waals surface area contributed by atoms with E-state index < -0.39 is 27.3 Å². The number of halogens is 1. The quantitative estimate of drug-likeness (QED) is 0.381. The summed E-state index contributed by atoms with van der Waals surface area (Å²) >= 11 is 5.86. The first-order valence-corrected chi connectivity index (χ1v) is 13.0. The highest BCUT2D eigenvalue weighted by Gasteiger charge is 2.33. The fourth-order valence-electron chi connectivity index (χ4n) is 3.41. The number of nitrogens with one attached hydrogen (secondary N) is 1. The van der Waals surface area contributed by atoms with Gasteiger partial charge < -0.3 is 14.2 Å². The van der Waals surface area contributed by atoms with Crippen LogP contribution in [0.2, 0.25) is 5.02 Å². The number of methoxy groups -OCH3 is 2. The summed E-state index contributed by atoms with van der Waals surface area (Å²) in [6.45, 7) is 8.76. The number of hydrogen-bond donors (Lipinski definition) is 1. The number of sulfonamides is 1. The molecule has 3 unspecified atom stereocenters. The molecule has 196 valence electrons. The van der Waals surface area contributed by atoms with E-state index in [1.165, 1.54) is 37.5 Å². The molecule has 0 aliphatic rings. The Balaban J connectivity index is 2.09. The van der Waals surface area contributed by atoms with Gasteiger partial charge in [-0.1, -0.05) is 18.5 Å². The molecule has 0 aromatic carbocycles. The van der Waals surface area contributed by atoms with Crippen LogP contribution in [-0.2, 0) is 14.8 Å². The number of anilines is 1. The molecule has 0 radical (unpaired) electrons. The number of hydrogen-bond acceptors (Lipinski definition) is 11. The molecular formula is C21H29ClN8O5S. The SMILES string of the molecule is COc1ncnc(OC)c1-n1c(NS(=O)(=O)C(C)C(C)c2ncc(Cl)cn2)nnc1C(C)OC(C)C. The highest BCUT2D eigenvalue weighted by atomic mass is 35.5. The van der Waals surface area contributed by atoms with E-state index in [9.17, 15) is 8.42 Å². The van der Waals surface area contributed by atoms with E-state index in [1.54, 1.807) is 20.8 Å². The van der Waals surface area contributed by atoms with Gasteiger partial charge in [-0.3, -0.25) is 9.29 Å². The van der Waals surface area contributed by atoms with Gasteiger partial charge in [0.2, 0.25) is 27.7 Å². The third-order valence-corrected chi connectivity index (χ3v) is 7.42. The predicted octanol–water partition coefficient (Wildman–Crippen LogP) is 2.94. The number of ether oxygens (including phenoxy) is 3. The van der Waals surface area contributed by atoms with E-state index in [4.69, 9.17) is 25.8 Å². The zero-order valence-corrected chi connectivity index (χ0v) is 22.6. The first-order chi connectivity index (χ1) is 17.0. The molecule has 0 spiro atoms. The lowest BCUT2D eigenvalue weighted by Crippen LogP contribution is -2.31. The topological polar surface area (TPSA) is 156 Å². The third kappa shape index (κ3) is 5.82. The summed E-state index contributed by atoms with van der Waals surface area (Å²) in [5.74, 6) is 0.175. The molecule has 0 bridgehead atoms. The molecule has 0 saturated heterocycles. The average Bonchev–Trinajstić information content (AvgIpc) is 3.24. The standard InChI is InChI=1S/C21H29ClN8O5S/c1-11(2)35-13(4)18-27-28-21(30(18)16-19(33-6)25-10-26-20(16)34-7)29-36(31,32)14(5)12(3)17-23-8-15(22)9-24-17/h8-14H,1-7H3,(H,28,29). The van der Waals surface area contributed by atoms with E-state index in [-0.39, 0.29) is 35.3 Å². The first kappa shape index (κ1) is 27.5. The number of nitrogens with zero attached hydrogens (tertiary/aromatic N) is 7. The third-order valence-electron chi connectivity index (χ3n) is 5.37. The van der Waals surface area contributed by atoms with E-state index in [0.29, 0.717) is 10.8 Å². The second kappa shape index (κ2) is 11.3. The molecule has 13 nitrogen and oxygen atoms in total. The van der Waals surface area contributed by atoms with Crippen molar-refractivity contribution in [2.75, 3.05) is 18.9 Å². The molecule has 3 heterocycles. The molecule has 3 aromatic heterocycles. The summed E-state index contributed by atoms with van der Waals surface area (Å²) in [4.78, 5) is 16.6. The molecule has 0 aliphatic carbocycles. The van der Waals surface area contributed by atoms with Crippen molar-refractivity contribution in [3.8, 4) is 17.4 Å². The summed E-state index contributed by atoms with van der Waals surface area (Å²) in [7, 11) is -1.19. The zero-order valence-electron chi connectivity index (χ0n) is 21.0. The van der Waals surface area contributed by atoms with Crippen molar-refractivity contribution < 1.29 is 22.6 Å². The van der Waals surface area contributed by atoms with Crippen LogP contribution in [0.3, 0.4) is 0 Å². The minimum absolute atomic E-state index is 0.119. The van der Waals surface area contributed by atoms with Gasteiger partial charge in [-0.05, 0) is 27.7 Å². The average molecular weight is 541 g/mol. The Labute approximate surface area is 214 Å². The molecule has 0 fully saturated rings. The number of aromatic nitrogens is 7. The van der Waals surface area contributed by atoms with Crippen LogP contribution >= 0.6 is 11.6 Å². The Morgan fingerprint density at radius 2 is 1.53 bits per heavy atom. The van der Waals surface area contributed by atoms with Gasteiger partial charge in [0.15, 0.2) is 11.5 Å². The Bertz CT molecular complexity index is 1260. The summed E-state index contributed by atoms with van der Waals surface area (Å²) in [6.07, 6.45) is 3.38. The molecule has 3 aromatic rings. The molecule has 3 rings (SSSR count). The second-order valence-corrected chi connectivity index (χ2v) is 10.7. The molecule has 0 saturated carbocycles. The summed E-state index contributed by atoms with van der Waals surface area (Å²) in [5, 5.41) is 7.72. The van der Waals surface area contributed by atoms with Crippen LogP contribution in [0.1, 0.15) is 58.3 Å². The molecule has 1 N–H and O–H groups in total. The van der Waals surface area contributed by atoms with E-state index in [2.05, 4.69) is 34.9 Å². The molecule has 15 heteroatoms. The summed E-state index contributed by atoms with van der Waals surface area (Å²) in [6, 6.07) is 0. The van der Waals surface area contributed by atoms with Gasteiger partial charge in [-0.25, -0.2) is 18.4 Å². The normalized spacial score (nSPS) is 14.4. The van der Waals surface area contributed by atoms with Crippen molar-refractivity contribution in [3.05, 3.63) is 35.4 Å². The lowest BCUT2D eigenvalue weighted by atomic mass is 10.1. The van der Waals surface area contributed by atoms with Crippen LogP contribution in [0.15, 0.2) is 18.7 Å². The predicted molar refractivity (Wildman–Crippen MR) is 132 cm³/mol. The van der Waals surface area contributed by atoms with E-state index in [0.717, 1.165) is 0 Å². The maximum Gasteiger partial charge on any atom is 0.245 e. The van der Waals surface area contributed by atoms with Crippen molar-refractivity contribution in [2.24, 2.45) is 0 Å². The van der Waals surface area contributed by atoms with Gasteiger partial charge in [0, 0.05) is 18.3 Å². The van der Waals surface area contributed by atoms with Crippen LogP contribution in [-0.4, -0.2) is 68.7 Å². The monoisotopic (exact) mass is 540 g/mol. The zero-order chi connectivity index (χ0) is 26.6. The highest BCUT2D eigenvalue weighted by molar-refractivity contribution is 7.93. The van der Waals surface area contributed by atoms with Crippen LogP contribution in [0.5, 0.6) is 11.8 Å². The van der Waals surface area contributed by atoms with Crippen LogP contribution in [0.4, 0.5) is 5.95 Å². The maximum atomic E-state index is 13.4.